The first kappa shape index (κ1) is 20.9. The molecule has 0 unspecified atom stereocenters. The first-order valence-electron chi connectivity index (χ1n) is 9.13. The largest absolute Gasteiger partial charge is 0.493 e. The predicted octanol–water partition coefficient (Wildman–Crippen LogP) is 5.02. The van der Waals surface area contributed by atoms with Gasteiger partial charge in [-0.15, -0.1) is 0 Å². The summed E-state index contributed by atoms with van der Waals surface area (Å²) in [7, 11) is 1.62. The van der Waals surface area contributed by atoms with Crippen LogP contribution in [0.4, 0.5) is 0 Å². The maximum atomic E-state index is 11.0. The Kier molecular flexibility index (Phi) is 7.27. The van der Waals surface area contributed by atoms with Crippen molar-refractivity contribution in [3.63, 3.8) is 0 Å². The highest BCUT2D eigenvalue weighted by Gasteiger charge is 2.15. The Morgan fingerprint density at radius 1 is 0.966 bits per heavy atom. The normalized spacial score (nSPS) is 10.6. The van der Waals surface area contributed by atoms with E-state index in [9.17, 15) is 4.79 Å². The molecule has 3 rings (SSSR count). The van der Waals surface area contributed by atoms with Crippen LogP contribution >= 0.6 is 15.9 Å². The quantitative estimate of drug-likeness (QED) is 0.473. The minimum atomic E-state index is -0.926. The van der Waals surface area contributed by atoms with Gasteiger partial charge < -0.3 is 19.9 Å². The lowest BCUT2D eigenvalue weighted by atomic mass is 10.1. The Bertz CT molecular complexity index is 959. The van der Waals surface area contributed by atoms with Gasteiger partial charge in [0.1, 0.15) is 6.61 Å². The van der Waals surface area contributed by atoms with E-state index in [-0.39, 0.29) is 5.56 Å². The summed E-state index contributed by atoms with van der Waals surface area (Å²) in [6.07, 6.45) is 0. The molecule has 0 atom stereocenters. The number of hydrogen-bond acceptors (Lipinski definition) is 4. The number of halogens is 1. The molecule has 3 aromatic rings. The van der Waals surface area contributed by atoms with Crippen molar-refractivity contribution in [1.82, 2.24) is 5.32 Å². The number of benzene rings is 3. The predicted molar refractivity (Wildman–Crippen MR) is 115 cm³/mol. The molecular formula is C23H22BrNO4. The zero-order valence-electron chi connectivity index (χ0n) is 16.0. The molecule has 0 aliphatic heterocycles. The molecule has 29 heavy (non-hydrogen) atoms. The summed E-state index contributed by atoms with van der Waals surface area (Å²) >= 11 is 3.61. The van der Waals surface area contributed by atoms with Crippen molar-refractivity contribution < 1.29 is 19.4 Å². The molecule has 0 bridgehead atoms. The molecule has 0 spiro atoms. The van der Waals surface area contributed by atoms with Crippen molar-refractivity contribution in [3.05, 3.63) is 93.5 Å². The molecule has 0 aliphatic rings. The molecular weight excluding hydrogens is 434 g/mol. The van der Waals surface area contributed by atoms with Crippen molar-refractivity contribution in [2.75, 3.05) is 7.11 Å². The maximum absolute atomic E-state index is 11.0. The van der Waals surface area contributed by atoms with Crippen LogP contribution in [-0.2, 0) is 19.7 Å². The van der Waals surface area contributed by atoms with Crippen LogP contribution in [0.2, 0.25) is 0 Å². The Labute approximate surface area is 178 Å². The van der Waals surface area contributed by atoms with Crippen LogP contribution in [0.15, 0.2) is 71.2 Å². The Balaban J connectivity index is 1.71. The highest BCUT2D eigenvalue weighted by atomic mass is 79.9. The highest BCUT2D eigenvalue weighted by Crippen LogP contribution is 2.36. The van der Waals surface area contributed by atoms with Gasteiger partial charge in [0.25, 0.3) is 0 Å². The lowest BCUT2D eigenvalue weighted by molar-refractivity contribution is 0.0697. The van der Waals surface area contributed by atoms with Crippen LogP contribution in [0.5, 0.6) is 11.5 Å². The van der Waals surface area contributed by atoms with E-state index < -0.39 is 5.97 Å². The van der Waals surface area contributed by atoms with Crippen LogP contribution in [0.25, 0.3) is 0 Å². The van der Waals surface area contributed by atoms with E-state index >= 15 is 0 Å². The van der Waals surface area contributed by atoms with Gasteiger partial charge in [0, 0.05) is 23.1 Å². The summed E-state index contributed by atoms with van der Waals surface area (Å²) in [4.78, 5) is 11.0. The van der Waals surface area contributed by atoms with Gasteiger partial charge in [-0.3, -0.25) is 0 Å². The monoisotopic (exact) mass is 455 g/mol. The van der Waals surface area contributed by atoms with Gasteiger partial charge in [0.05, 0.1) is 12.7 Å². The van der Waals surface area contributed by atoms with Crippen molar-refractivity contribution in [2.24, 2.45) is 0 Å². The van der Waals surface area contributed by atoms with Crippen LogP contribution in [0, 0.1) is 0 Å². The summed E-state index contributed by atoms with van der Waals surface area (Å²) in [6.45, 7) is 1.60. The van der Waals surface area contributed by atoms with Gasteiger partial charge in [-0.25, -0.2) is 4.79 Å². The minimum Gasteiger partial charge on any atom is -0.493 e. The number of methoxy groups -OCH3 is 1. The lowest BCUT2D eigenvalue weighted by Crippen LogP contribution is -2.15. The first-order valence-corrected chi connectivity index (χ1v) is 9.93. The average Bonchev–Trinajstić information content (AvgIpc) is 2.74. The maximum Gasteiger partial charge on any atom is 0.335 e. The summed E-state index contributed by atoms with van der Waals surface area (Å²) in [5.41, 5.74) is 3.32. The van der Waals surface area contributed by atoms with E-state index in [1.165, 1.54) is 0 Å². The molecule has 6 heteroatoms. The lowest BCUT2D eigenvalue weighted by Gasteiger charge is -2.17. The Morgan fingerprint density at radius 3 is 2.34 bits per heavy atom. The standard InChI is InChI=1S/C23H22BrNO4/c1-28-21-12-11-20(24)19(22(21)29-15-17-5-3-2-4-6-17)14-25-13-16-7-9-18(10-8-16)23(26)27/h2-12,25H,13-15H2,1H3,(H,26,27). The second-order valence-electron chi connectivity index (χ2n) is 6.44. The zero-order valence-corrected chi connectivity index (χ0v) is 17.6. The fourth-order valence-electron chi connectivity index (χ4n) is 2.89. The SMILES string of the molecule is COc1ccc(Br)c(CNCc2ccc(C(=O)O)cc2)c1OCc1ccccc1. The third kappa shape index (κ3) is 5.59. The van der Waals surface area contributed by atoms with Gasteiger partial charge in [0.15, 0.2) is 11.5 Å². The summed E-state index contributed by atoms with van der Waals surface area (Å²) in [5.74, 6) is 0.441. The smallest absolute Gasteiger partial charge is 0.335 e. The van der Waals surface area contributed by atoms with Crippen molar-refractivity contribution >= 4 is 21.9 Å². The number of aromatic carboxylic acids is 1. The number of carbonyl (C=O) groups is 1. The molecule has 150 valence electrons. The molecule has 0 fully saturated rings. The van der Waals surface area contributed by atoms with E-state index in [0.29, 0.717) is 31.2 Å². The van der Waals surface area contributed by atoms with Gasteiger partial charge in [0.2, 0.25) is 0 Å². The van der Waals surface area contributed by atoms with Crippen molar-refractivity contribution in [2.45, 2.75) is 19.7 Å². The van der Waals surface area contributed by atoms with Gasteiger partial charge in [-0.05, 0) is 35.4 Å². The Morgan fingerprint density at radius 2 is 1.69 bits per heavy atom. The fraction of sp³-hybridized carbons (Fsp3) is 0.174. The van der Waals surface area contributed by atoms with Gasteiger partial charge in [-0.2, -0.15) is 0 Å². The van der Waals surface area contributed by atoms with Crippen molar-refractivity contribution in [1.29, 1.82) is 0 Å². The minimum absolute atomic E-state index is 0.279. The molecule has 0 heterocycles. The van der Waals surface area contributed by atoms with E-state index in [0.717, 1.165) is 21.2 Å². The van der Waals surface area contributed by atoms with Crippen molar-refractivity contribution in [3.8, 4) is 11.5 Å². The van der Waals surface area contributed by atoms with E-state index in [4.69, 9.17) is 14.6 Å². The molecule has 2 N–H and O–H groups in total. The molecule has 0 radical (unpaired) electrons. The van der Waals surface area contributed by atoms with E-state index in [2.05, 4.69) is 21.2 Å². The summed E-state index contributed by atoms with van der Waals surface area (Å²) in [6, 6.07) is 20.6. The van der Waals surface area contributed by atoms with Crippen LogP contribution < -0.4 is 14.8 Å². The molecule has 5 nitrogen and oxygen atoms in total. The molecule has 0 amide bonds. The number of carboxylic acid groups (broad SMARTS) is 1. The number of hydrogen-bond donors (Lipinski definition) is 2. The zero-order chi connectivity index (χ0) is 20.6. The van der Waals surface area contributed by atoms with Gasteiger partial charge >= 0.3 is 5.97 Å². The summed E-state index contributed by atoms with van der Waals surface area (Å²) in [5, 5.41) is 12.4. The summed E-state index contributed by atoms with van der Waals surface area (Å²) < 4.78 is 12.5. The number of ether oxygens (including phenoxy) is 2. The first-order chi connectivity index (χ1) is 14.1. The fourth-order valence-corrected chi connectivity index (χ4v) is 3.35. The molecule has 0 saturated heterocycles. The topological polar surface area (TPSA) is 67.8 Å². The number of carboxylic acids is 1. The van der Waals surface area contributed by atoms with E-state index in [1.807, 2.05) is 54.6 Å². The molecule has 0 aliphatic carbocycles. The van der Waals surface area contributed by atoms with Crippen LogP contribution in [0.1, 0.15) is 27.0 Å². The second-order valence-corrected chi connectivity index (χ2v) is 7.29. The third-order valence-corrected chi connectivity index (χ3v) is 5.19. The van der Waals surface area contributed by atoms with Gasteiger partial charge in [-0.1, -0.05) is 58.4 Å². The number of rotatable bonds is 9. The molecule has 3 aromatic carbocycles. The third-order valence-electron chi connectivity index (χ3n) is 4.44. The van der Waals surface area contributed by atoms with Crippen LogP contribution in [-0.4, -0.2) is 18.2 Å². The average molecular weight is 456 g/mol. The second kappa shape index (κ2) is 10.1. The molecule has 0 aromatic heterocycles. The number of nitrogens with one attached hydrogen (secondary N) is 1. The Hall–Kier alpha value is -2.83. The molecule has 0 saturated carbocycles. The highest BCUT2D eigenvalue weighted by molar-refractivity contribution is 9.10. The van der Waals surface area contributed by atoms with Crippen LogP contribution in [0.3, 0.4) is 0 Å². The van der Waals surface area contributed by atoms with E-state index in [1.54, 1.807) is 19.2 Å².